The van der Waals surface area contributed by atoms with Gasteiger partial charge in [-0.05, 0) is 42.2 Å². The molecule has 1 atom stereocenters. The Morgan fingerprint density at radius 1 is 1.17 bits per heavy atom. The number of benzene rings is 2. The molecule has 3 aromatic rings. The van der Waals surface area contributed by atoms with Gasteiger partial charge in [-0.1, -0.05) is 44.2 Å². The van der Waals surface area contributed by atoms with Gasteiger partial charge >= 0.3 is 0 Å². The van der Waals surface area contributed by atoms with E-state index in [9.17, 15) is 0 Å². The van der Waals surface area contributed by atoms with Crippen molar-refractivity contribution in [3.8, 4) is 0 Å². The molecule has 3 nitrogen and oxygen atoms in total. The Morgan fingerprint density at radius 2 is 1.97 bits per heavy atom. The van der Waals surface area contributed by atoms with E-state index in [0.29, 0.717) is 6.54 Å². The lowest BCUT2D eigenvalue weighted by Crippen LogP contribution is -2.12. The van der Waals surface area contributed by atoms with E-state index in [2.05, 4.69) is 92.4 Å². The Bertz CT molecular complexity index is 1020. The second-order valence-corrected chi connectivity index (χ2v) is 7.62. The Kier molecular flexibility index (Phi) is 6.38. The molecule has 1 heterocycles. The zero-order valence-corrected chi connectivity index (χ0v) is 17.8. The topological polar surface area (TPSA) is 37.0 Å². The van der Waals surface area contributed by atoms with Crippen molar-refractivity contribution >= 4 is 27.9 Å². The molecular weight excluding hydrogens is 354 g/mol. The maximum Gasteiger partial charge on any atom is 0.218 e. The molecule has 2 aromatic carbocycles. The molecule has 0 spiro atoms. The first-order valence-corrected chi connectivity index (χ1v) is 10.2. The highest BCUT2D eigenvalue weighted by molar-refractivity contribution is 5.86. The van der Waals surface area contributed by atoms with Crippen LogP contribution in [0.5, 0.6) is 0 Å². The molecule has 3 rings (SSSR count). The molecule has 0 aliphatic heterocycles. The van der Waals surface area contributed by atoms with Crippen LogP contribution in [0.15, 0.2) is 49.0 Å². The number of aromatic nitrogens is 1. The largest absolute Gasteiger partial charge is 0.386 e. The molecule has 3 heteroatoms. The Hall–Kier alpha value is -3.07. The van der Waals surface area contributed by atoms with Crippen molar-refractivity contribution in [2.24, 2.45) is 0 Å². The molecule has 0 bridgehead atoms. The van der Waals surface area contributed by atoms with E-state index in [1.807, 2.05) is 7.05 Å². The van der Waals surface area contributed by atoms with Crippen LogP contribution in [-0.4, -0.2) is 18.6 Å². The summed E-state index contributed by atoms with van der Waals surface area (Å²) < 4.78 is 0. The van der Waals surface area contributed by atoms with Gasteiger partial charge in [0.15, 0.2) is 5.92 Å². The molecule has 2 N–H and O–H groups in total. The summed E-state index contributed by atoms with van der Waals surface area (Å²) in [6.07, 6.45) is 2.10. The number of hydrogen-bond acceptors (Lipinski definition) is 3. The first kappa shape index (κ1) is 20.7. The summed E-state index contributed by atoms with van der Waals surface area (Å²) in [5.41, 5.74) is 8.61. The molecule has 0 saturated heterocycles. The fourth-order valence-electron chi connectivity index (χ4n) is 3.73. The van der Waals surface area contributed by atoms with Gasteiger partial charge in [-0.3, -0.25) is 0 Å². The van der Waals surface area contributed by atoms with E-state index in [1.165, 1.54) is 16.7 Å². The average Bonchev–Trinajstić information content (AvgIpc) is 2.72. The molecule has 0 aliphatic carbocycles. The number of allylic oxidation sites excluding steroid dienone is 1. The van der Waals surface area contributed by atoms with Gasteiger partial charge in [0, 0.05) is 12.4 Å². The lowest BCUT2D eigenvalue weighted by Gasteiger charge is -2.16. The number of fused-ring (bicyclic) bond motifs is 1. The van der Waals surface area contributed by atoms with E-state index < -0.39 is 0 Å². The van der Waals surface area contributed by atoms with Gasteiger partial charge in [-0.2, -0.15) is 0 Å². The van der Waals surface area contributed by atoms with Gasteiger partial charge in [0.1, 0.15) is 6.07 Å². The molecule has 0 amide bonds. The fraction of sp³-hybridized carbons (Fsp3) is 0.269. The fourth-order valence-corrected chi connectivity index (χ4v) is 3.73. The second-order valence-electron chi connectivity index (χ2n) is 7.62. The molecule has 148 valence electrons. The summed E-state index contributed by atoms with van der Waals surface area (Å²) >= 11 is 0. The number of hydrogen-bond donors (Lipinski definition) is 2. The van der Waals surface area contributed by atoms with Crippen molar-refractivity contribution in [2.45, 2.75) is 32.6 Å². The minimum atomic E-state index is 0.0648. The third kappa shape index (κ3) is 4.51. The Labute approximate surface area is 175 Å². The third-order valence-corrected chi connectivity index (χ3v) is 5.35. The molecule has 0 aliphatic rings. The standard InChI is InChI=1S/C26H31N3/c1-7-9-17(2)21-12-13-24(27-6)25(15-21)28-16-19(4)23-14-20(5)29-26-18(3)10-8-11-22(23)26/h8,10-15,19,27-28H,2,4-5,7,9,16H2,1,3,6H3/q+2. The lowest BCUT2D eigenvalue weighted by atomic mass is 9.94. The van der Waals surface area contributed by atoms with Crippen molar-refractivity contribution in [3.05, 3.63) is 85.3 Å². The summed E-state index contributed by atoms with van der Waals surface area (Å²) in [6.45, 7) is 17.7. The second kappa shape index (κ2) is 8.95. The van der Waals surface area contributed by atoms with Crippen LogP contribution < -0.4 is 10.6 Å². The summed E-state index contributed by atoms with van der Waals surface area (Å²) in [7, 11) is 1.94. The van der Waals surface area contributed by atoms with Gasteiger partial charge in [0.25, 0.3) is 0 Å². The highest BCUT2D eigenvalue weighted by Crippen LogP contribution is 2.30. The Morgan fingerprint density at radius 3 is 2.69 bits per heavy atom. The van der Waals surface area contributed by atoms with E-state index in [-0.39, 0.29) is 5.92 Å². The van der Waals surface area contributed by atoms with E-state index in [0.717, 1.165) is 46.4 Å². The van der Waals surface area contributed by atoms with Crippen LogP contribution in [0.2, 0.25) is 0 Å². The SMILES string of the molecule is C=C(CCC)c1ccc(NC)c(NCC([CH2+])c2cc([CH2+])nc3c(C)cccc23)c1. The van der Waals surface area contributed by atoms with Crippen LogP contribution in [0.1, 0.15) is 48.1 Å². The zero-order chi connectivity index (χ0) is 21.0. The van der Waals surface area contributed by atoms with Gasteiger partial charge < -0.3 is 10.6 Å². The maximum atomic E-state index is 4.63. The predicted octanol–water partition coefficient (Wildman–Crippen LogP) is 6.61. The highest BCUT2D eigenvalue weighted by Gasteiger charge is 2.22. The smallest absolute Gasteiger partial charge is 0.218 e. The monoisotopic (exact) mass is 385 g/mol. The van der Waals surface area contributed by atoms with Gasteiger partial charge in [-0.25, -0.2) is 4.98 Å². The third-order valence-electron chi connectivity index (χ3n) is 5.35. The molecule has 0 radical (unpaired) electrons. The number of pyridine rings is 1. The van der Waals surface area contributed by atoms with Gasteiger partial charge in [-0.15, -0.1) is 0 Å². The number of nitrogens with one attached hydrogen (secondary N) is 2. The van der Waals surface area contributed by atoms with Crippen LogP contribution >= 0.6 is 0 Å². The summed E-state index contributed by atoms with van der Waals surface area (Å²) in [4.78, 5) is 4.63. The van der Waals surface area contributed by atoms with Crippen LogP contribution in [0, 0.1) is 20.8 Å². The van der Waals surface area contributed by atoms with Crippen LogP contribution in [0.3, 0.4) is 0 Å². The first-order valence-electron chi connectivity index (χ1n) is 10.2. The van der Waals surface area contributed by atoms with Crippen molar-refractivity contribution in [1.29, 1.82) is 0 Å². The van der Waals surface area contributed by atoms with Crippen LogP contribution in [-0.2, 0) is 0 Å². The molecule has 0 saturated carbocycles. The van der Waals surface area contributed by atoms with Crippen molar-refractivity contribution in [1.82, 2.24) is 4.98 Å². The predicted molar refractivity (Wildman–Crippen MR) is 127 cm³/mol. The Balaban J connectivity index is 1.87. The van der Waals surface area contributed by atoms with Crippen molar-refractivity contribution in [3.63, 3.8) is 0 Å². The van der Waals surface area contributed by atoms with E-state index >= 15 is 0 Å². The minimum absolute atomic E-state index is 0.0648. The summed E-state index contributed by atoms with van der Waals surface area (Å²) in [5, 5.41) is 8.01. The number of aryl methyl sites for hydroxylation is 1. The van der Waals surface area contributed by atoms with Crippen LogP contribution in [0.4, 0.5) is 11.4 Å². The minimum Gasteiger partial charge on any atom is -0.386 e. The lowest BCUT2D eigenvalue weighted by molar-refractivity contribution is 0.889. The van der Waals surface area contributed by atoms with Gasteiger partial charge in [0.2, 0.25) is 5.69 Å². The molecule has 0 fully saturated rings. The maximum absolute atomic E-state index is 4.63. The first-order chi connectivity index (χ1) is 13.9. The molecular formula is C26H31N3+2. The number of anilines is 2. The van der Waals surface area contributed by atoms with Gasteiger partial charge in [0.05, 0.1) is 42.8 Å². The number of para-hydroxylation sites is 1. The van der Waals surface area contributed by atoms with E-state index in [1.54, 1.807) is 0 Å². The van der Waals surface area contributed by atoms with E-state index in [4.69, 9.17) is 0 Å². The number of rotatable bonds is 8. The summed E-state index contributed by atoms with van der Waals surface area (Å²) in [6, 6.07) is 14.8. The van der Waals surface area contributed by atoms with Crippen molar-refractivity contribution in [2.75, 3.05) is 24.2 Å². The highest BCUT2D eigenvalue weighted by atomic mass is 14.9. The normalized spacial score (nSPS) is 12.0. The molecule has 29 heavy (non-hydrogen) atoms. The average molecular weight is 386 g/mol. The van der Waals surface area contributed by atoms with Crippen LogP contribution in [0.25, 0.3) is 16.5 Å². The summed E-state index contributed by atoms with van der Waals surface area (Å²) in [5.74, 6) is 0.0648. The zero-order valence-electron chi connectivity index (χ0n) is 17.8. The number of nitrogens with zero attached hydrogens (tertiary/aromatic N) is 1. The van der Waals surface area contributed by atoms with Crippen molar-refractivity contribution < 1.29 is 0 Å². The quantitative estimate of drug-likeness (QED) is 0.428. The molecule has 1 aromatic heterocycles. The molecule has 1 unspecified atom stereocenters.